The van der Waals surface area contributed by atoms with Crippen LogP contribution < -0.4 is 5.32 Å². The molecule has 17 heavy (non-hydrogen) atoms. The molecule has 1 heterocycles. The molecule has 0 radical (unpaired) electrons. The number of thioether (sulfide) groups is 1. The highest BCUT2D eigenvalue weighted by Gasteiger charge is 2.14. The normalized spacial score (nSPS) is 19.9. The third kappa shape index (κ3) is 3.73. The molecule has 0 fully saturated rings. The first-order valence-corrected chi connectivity index (χ1v) is 8.19. The SMILES string of the molecule is CCC1CCSC(Nc2ccc(Br)cc2Br)=N1. The molecular weight excluding hydrogens is 364 g/mol. The molecule has 1 aromatic rings. The Morgan fingerprint density at radius 2 is 2.29 bits per heavy atom. The molecule has 0 aliphatic carbocycles. The lowest BCUT2D eigenvalue weighted by molar-refractivity contribution is 0.634. The van der Waals surface area contributed by atoms with Crippen LogP contribution in [0.15, 0.2) is 32.1 Å². The van der Waals surface area contributed by atoms with Gasteiger partial charge in [0.2, 0.25) is 0 Å². The van der Waals surface area contributed by atoms with Crippen LogP contribution in [0.4, 0.5) is 5.69 Å². The van der Waals surface area contributed by atoms with Crippen molar-refractivity contribution in [2.45, 2.75) is 25.8 Å². The lowest BCUT2D eigenvalue weighted by Crippen LogP contribution is -2.19. The molecule has 0 aromatic heterocycles. The Bertz CT molecular complexity index is 435. The van der Waals surface area contributed by atoms with Crippen LogP contribution in [0.3, 0.4) is 0 Å². The molecule has 0 amide bonds. The summed E-state index contributed by atoms with van der Waals surface area (Å²) in [5.41, 5.74) is 1.07. The van der Waals surface area contributed by atoms with Gasteiger partial charge in [0, 0.05) is 14.7 Å². The third-order valence-corrected chi connectivity index (χ3v) is 4.70. The second-order valence-electron chi connectivity index (χ2n) is 3.88. The second kappa shape index (κ2) is 6.25. The van der Waals surface area contributed by atoms with Gasteiger partial charge in [-0.2, -0.15) is 0 Å². The minimum Gasteiger partial charge on any atom is -0.334 e. The number of amidine groups is 1. The molecule has 1 atom stereocenters. The number of hydrogen-bond donors (Lipinski definition) is 1. The van der Waals surface area contributed by atoms with E-state index in [2.05, 4.69) is 44.1 Å². The molecule has 0 saturated carbocycles. The van der Waals surface area contributed by atoms with Crippen molar-refractivity contribution < 1.29 is 0 Å². The fourth-order valence-corrected chi connectivity index (χ4v) is 3.76. The number of anilines is 1. The highest BCUT2D eigenvalue weighted by molar-refractivity contribution is 9.11. The van der Waals surface area contributed by atoms with Crippen molar-refractivity contribution in [2.24, 2.45) is 4.99 Å². The average molecular weight is 378 g/mol. The summed E-state index contributed by atoms with van der Waals surface area (Å²) in [6.07, 6.45) is 2.31. The summed E-state index contributed by atoms with van der Waals surface area (Å²) in [7, 11) is 0. The summed E-state index contributed by atoms with van der Waals surface area (Å²) in [5, 5.41) is 4.42. The van der Waals surface area contributed by atoms with E-state index in [1.54, 1.807) is 11.8 Å². The highest BCUT2D eigenvalue weighted by Crippen LogP contribution is 2.28. The lowest BCUT2D eigenvalue weighted by Gasteiger charge is -2.20. The van der Waals surface area contributed by atoms with Crippen molar-refractivity contribution >= 4 is 54.5 Å². The summed E-state index contributed by atoms with van der Waals surface area (Å²) >= 11 is 8.79. The summed E-state index contributed by atoms with van der Waals surface area (Å²) in [5.74, 6) is 1.15. The zero-order chi connectivity index (χ0) is 12.3. The van der Waals surface area contributed by atoms with Gasteiger partial charge in [-0.15, -0.1) is 0 Å². The minimum atomic E-state index is 0.480. The van der Waals surface area contributed by atoms with Crippen LogP contribution in [-0.4, -0.2) is 17.0 Å². The molecule has 0 saturated heterocycles. The van der Waals surface area contributed by atoms with Crippen molar-refractivity contribution in [3.05, 3.63) is 27.1 Å². The van der Waals surface area contributed by atoms with Gasteiger partial charge in [-0.3, -0.25) is 4.99 Å². The van der Waals surface area contributed by atoms with Crippen molar-refractivity contribution in [1.82, 2.24) is 0 Å². The largest absolute Gasteiger partial charge is 0.334 e. The van der Waals surface area contributed by atoms with Gasteiger partial charge in [-0.05, 0) is 47.0 Å². The lowest BCUT2D eigenvalue weighted by atomic mass is 10.2. The van der Waals surface area contributed by atoms with Crippen LogP contribution in [0.5, 0.6) is 0 Å². The standard InChI is InChI=1S/C12H14Br2N2S/c1-2-9-5-6-17-12(15-9)16-11-4-3-8(13)7-10(11)14/h3-4,7,9H,2,5-6H2,1H3,(H,15,16). The van der Waals surface area contributed by atoms with Crippen LogP contribution in [-0.2, 0) is 0 Å². The summed E-state index contributed by atoms with van der Waals surface area (Å²) < 4.78 is 2.12. The van der Waals surface area contributed by atoms with Gasteiger partial charge < -0.3 is 5.32 Å². The van der Waals surface area contributed by atoms with E-state index in [4.69, 9.17) is 4.99 Å². The molecule has 1 aliphatic heterocycles. The predicted octanol–water partition coefficient (Wildman–Crippen LogP) is 4.90. The Hall–Kier alpha value is -0.0000000000000000555. The van der Waals surface area contributed by atoms with E-state index >= 15 is 0 Å². The first kappa shape index (κ1) is 13.4. The molecular formula is C12H14Br2N2S. The Morgan fingerprint density at radius 3 is 3.00 bits per heavy atom. The number of hydrogen-bond acceptors (Lipinski definition) is 3. The van der Waals surface area contributed by atoms with Crippen molar-refractivity contribution in [3.63, 3.8) is 0 Å². The Morgan fingerprint density at radius 1 is 1.47 bits per heavy atom. The Kier molecular flexibility index (Phi) is 4.94. The fourth-order valence-electron chi connectivity index (χ4n) is 1.63. The van der Waals surface area contributed by atoms with Gasteiger partial charge in [0.15, 0.2) is 5.17 Å². The number of benzene rings is 1. The fraction of sp³-hybridized carbons (Fsp3) is 0.417. The molecule has 1 aromatic carbocycles. The molecule has 0 spiro atoms. The summed E-state index contributed by atoms with van der Waals surface area (Å²) in [6.45, 7) is 2.19. The van der Waals surface area contributed by atoms with Crippen molar-refractivity contribution in [2.75, 3.05) is 11.1 Å². The topological polar surface area (TPSA) is 24.4 Å². The first-order chi connectivity index (χ1) is 8.19. The average Bonchev–Trinajstić information content (AvgIpc) is 2.33. The molecule has 1 unspecified atom stereocenters. The monoisotopic (exact) mass is 376 g/mol. The van der Waals surface area contributed by atoms with E-state index < -0.39 is 0 Å². The maximum absolute atomic E-state index is 4.70. The van der Waals surface area contributed by atoms with Gasteiger partial charge >= 0.3 is 0 Å². The molecule has 2 rings (SSSR count). The van der Waals surface area contributed by atoms with Crippen LogP contribution in [0.2, 0.25) is 0 Å². The third-order valence-electron chi connectivity index (χ3n) is 2.63. The van der Waals surface area contributed by atoms with E-state index in [0.29, 0.717) is 6.04 Å². The smallest absolute Gasteiger partial charge is 0.161 e. The summed E-state index contributed by atoms with van der Waals surface area (Å²) in [4.78, 5) is 4.70. The van der Waals surface area contributed by atoms with E-state index in [1.165, 1.54) is 6.42 Å². The molecule has 0 bridgehead atoms. The Balaban J connectivity index is 2.12. The Labute approximate surface area is 123 Å². The van der Waals surface area contributed by atoms with Crippen LogP contribution in [0, 0.1) is 0 Å². The molecule has 92 valence electrons. The quantitative estimate of drug-likeness (QED) is 0.792. The van der Waals surface area contributed by atoms with Crippen LogP contribution in [0.25, 0.3) is 0 Å². The first-order valence-electron chi connectivity index (χ1n) is 5.61. The van der Waals surface area contributed by atoms with E-state index in [9.17, 15) is 0 Å². The van der Waals surface area contributed by atoms with Crippen molar-refractivity contribution in [3.8, 4) is 0 Å². The summed E-state index contributed by atoms with van der Waals surface area (Å²) in [6, 6.07) is 6.59. The number of aliphatic imine (C=N–C) groups is 1. The van der Waals surface area contributed by atoms with Crippen molar-refractivity contribution in [1.29, 1.82) is 0 Å². The van der Waals surface area contributed by atoms with Gasteiger partial charge in [0.1, 0.15) is 0 Å². The molecule has 5 heteroatoms. The van der Waals surface area contributed by atoms with Gasteiger partial charge in [0.25, 0.3) is 0 Å². The second-order valence-corrected chi connectivity index (χ2v) is 6.74. The van der Waals surface area contributed by atoms with Gasteiger partial charge in [-0.1, -0.05) is 34.6 Å². The van der Waals surface area contributed by atoms with E-state index in [0.717, 1.165) is 32.0 Å². The number of halogens is 2. The molecule has 1 N–H and O–H groups in total. The number of rotatable bonds is 2. The van der Waals surface area contributed by atoms with E-state index in [1.807, 2.05) is 18.2 Å². The minimum absolute atomic E-state index is 0.480. The highest BCUT2D eigenvalue weighted by atomic mass is 79.9. The zero-order valence-electron chi connectivity index (χ0n) is 9.54. The maximum Gasteiger partial charge on any atom is 0.161 e. The van der Waals surface area contributed by atoms with Crippen LogP contribution >= 0.6 is 43.6 Å². The van der Waals surface area contributed by atoms with E-state index in [-0.39, 0.29) is 0 Å². The maximum atomic E-state index is 4.70. The van der Waals surface area contributed by atoms with Gasteiger partial charge in [0.05, 0.1) is 11.7 Å². The van der Waals surface area contributed by atoms with Crippen LogP contribution in [0.1, 0.15) is 19.8 Å². The molecule has 2 nitrogen and oxygen atoms in total. The van der Waals surface area contributed by atoms with Gasteiger partial charge in [-0.25, -0.2) is 0 Å². The predicted molar refractivity (Wildman–Crippen MR) is 84.1 cm³/mol. The molecule has 1 aliphatic rings. The number of nitrogens with zero attached hydrogens (tertiary/aromatic N) is 1. The zero-order valence-corrected chi connectivity index (χ0v) is 13.5. The number of nitrogens with one attached hydrogen (secondary N) is 1.